The molecule has 1 aromatic heterocycles. The highest BCUT2D eigenvalue weighted by Gasteiger charge is 2.31. The van der Waals surface area contributed by atoms with E-state index >= 15 is 0 Å². The first-order valence-electron chi connectivity index (χ1n) is 6.98. The van der Waals surface area contributed by atoms with Gasteiger partial charge in [0, 0.05) is 19.6 Å². The van der Waals surface area contributed by atoms with Gasteiger partial charge in [0.1, 0.15) is 0 Å². The lowest BCUT2D eigenvalue weighted by Crippen LogP contribution is -2.41. The van der Waals surface area contributed by atoms with Crippen LogP contribution in [0.4, 0.5) is 19.1 Å². The van der Waals surface area contributed by atoms with Crippen molar-refractivity contribution in [2.75, 3.05) is 43.0 Å². The minimum atomic E-state index is -4.76. The van der Waals surface area contributed by atoms with E-state index < -0.39 is 21.9 Å². The van der Waals surface area contributed by atoms with Gasteiger partial charge < -0.3 is 15.0 Å². The Bertz CT molecular complexity index is 593. The largest absolute Gasteiger partial charge is 0.573 e. The molecule has 11 heteroatoms. The highest BCUT2D eigenvalue weighted by molar-refractivity contribution is 7.91. The summed E-state index contributed by atoms with van der Waals surface area (Å²) in [7, 11) is -2.88. The minimum Gasteiger partial charge on any atom is -0.402 e. The van der Waals surface area contributed by atoms with Crippen molar-refractivity contribution in [1.82, 2.24) is 14.9 Å². The second kappa shape index (κ2) is 7.30. The van der Waals surface area contributed by atoms with Crippen LogP contribution in [0.5, 0.6) is 5.75 Å². The molecular weight excluding hydrogens is 337 g/mol. The van der Waals surface area contributed by atoms with Crippen molar-refractivity contribution in [2.24, 2.45) is 0 Å². The van der Waals surface area contributed by atoms with Gasteiger partial charge in [-0.3, -0.25) is 0 Å². The number of hydrogen-bond acceptors (Lipinski definition) is 7. The van der Waals surface area contributed by atoms with Crippen molar-refractivity contribution in [3.63, 3.8) is 0 Å². The zero-order valence-electron chi connectivity index (χ0n) is 12.2. The Morgan fingerprint density at radius 3 is 2.39 bits per heavy atom. The van der Waals surface area contributed by atoms with Crippen LogP contribution in [0.3, 0.4) is 0 Å². The minimum absolute atomic E-state index is 0.185. The first-order valence-corrected chi connectivity index (χ1v) is 8.80. The summed E-state index contributed by atoms with van der Waals surface area (Å²) in [5, 5.41) is 2.89. The molecule has 0 unspecified atom stereocenters. The first-order chi connectivity index (χ1) is 10.7. The highest BCUT2D eigenvalue weighted by atomic mass is 32.2. The molecule has 0 atom stereocenters. The molecule has 1 N–H and O–H groups in total. The van der Waals surface area contributed by atoms with Crippen molar-refractivity contribution in [3.05, 3.63) is 12.4 Å². The summed E-state index contributed by atoms with van der Waals surface area (Å²) in [5.74, 6) is 0.104. The Kier molecular flexibility index (Phi) is 5.63. The van der Waals surface area contributed by atoms with Crippen molar-refractivity contribution >= 4 is 15.8 Å². The fourth-order valence-electron chi connectivity index (χ4n) is 2.07. The maximum Gasteiger partial charge on any atom is 0.573 e. The molecule has 0 radical (unpaired) electrons. The van der Waals surface area contributed by atoms with E-state index in [2.05, 4.69) is 24.9 Å². The summed E-state index contributed by atoms with van der Waals surface area (Å²) in [5.41, 5.74) is 0. The lowest BCUT2D eigenvalue weighted by atomic mass is 10.3. The number of nitrogens with one attached hydrogen (secondary N) is 1. The van der Waals surface area contributed by atoms with Crippen LogP contribution < -0.4 is 10.1 Å². The van der Waals surface area contributed by atoms with Gasteiger partial charge in [0.05, 0.1) is 23.9 Å². The Morgan fingerprint density at radius 2 is 1.83 bits per heavy atom. The van der Waals surface area contributed by atoms with Crippen molar-refractivity contribution in [3.8, 4) is 5.75 Å². The summed E-state index contributed by atoms with van der Waals surface area (Å²) < 4.78 is 62.2. The van der Waals surface area contributed by atoms with Crippen LogP contribution in [0, 0.1) is 0 Å². The maximum atomic E-state index is 12.0. The van der Waals surface area contributed by atoms with Gasteiger partial charge in [-0.15, -0.1) is 13.2 Å². The molecule has 0 aliphatic carbocycles. The quantitative estimate of drug-likeness (QED) is 0.760. The lowest BCUT2D eigenvalue weighted by molar-refractivity contribution is -0.274. The lowest BCUT2D eigenvalue weighted by Gasteiger charge is -2.26. The molecule has 1 aliphatic rings. The summed E-state index contributed by atoms with van der Waals surface area (Å²) >= 11 is 0. The average molecular weight is 354 g/mol. The van der Waals surface area contributed by atoms with Gasteiger partial charge in [0.15, 0.2) is 15.6 Å². The van der Waals surface area contributed by atoms with Crippen LogP contribution >= 0.6 is 0 Å². The van der Waals surface area contributed by atoms with Crippen molar-refractivity contribution in [2.45, 2.75) is 12.8 Å². The molecule has 2 rings (SSSR count). The van der Waals surface area contributed by atoms with E-state index in [1.54, 1.807) is 0 Å². The third kappa shape index (κ3) is 6.57. The Labute approximate surface area is 131 Å². The molecule has 0 saturated carbocycles. The van der Waals surface area contributed by atoms with Gasteiger partial charge in [0.2, 0.25) is 5.95 Å². The first kappa shape index (κ1) is 17.7. The fourth-order valence-corrected chi connectivity index (χ4v) is 3.35. The summed E-state index contributed by atoms with van der Waals surface area (Å²) in [6.07, 6.45) is -2.14. The molecule has 23 heavy (non-hydrogen) atoms. The maximum absolute atomic E-state index is 12.0. The van der Waals surface area contributed by atoms with E-state index in [0.717, 1.165) is 25.4 Å². The number of alkyl halides is 3. The zero-order chi connectivity index (χ0) is 16.9. The zero-order valence-corrected chi connectivity index (χ0v) is 13.0. The second-order valence-corrected chi connectivity index (χ2v) is 7.37. The molecule has 1 aliphatic heterocycles. The van der Waals surface area contributed by atoms with Crippen LogP contribution in [-0.4, -0.2) is 67.3 Å². The van der Waals surface area contributed by atoms with Crippen molar-refractivity contribution in [1.29, 1.82) is 0 Å². The summed E-state index contributed by atoms with van der Waals surface area (Å²) in [4.78, 5) is 9.51. The van der Waals surface area contributed by atoms with Crippen LogP contribution in [-0.2, 0) is 9.84 Å². The number of ether oxygens (including phenoxy) is 1. The number of rotatable bonds is 6. The molecule has 1 saturated heterocycles. The SMILES string of the molecule is O=S1(=O)CCN(CCCNc2ncc(OC(F)(F)F)cn2)CC1. The molecule has 7 nitrogen and oxygen atoms in total. The predicted octanol–water partition coefficient (Wildman–Crippen LogP) is 0.908. The van der Waals surface area contributed by atoms with Crippen molar-refractivity contribution < 1.29 is 26.3 Å². The second-order valence-electron chi connectivity index (χ2n) is 5.06. The number of nitrogens with zero attached hydrogens (tertiary/aromatic N) is 3. The smallest absolute Gasteiger partial charge is 0.402 e. The Hall–Kier alpha value is -1.62. The van der Waals surface area contributed by atoms with E-state index in [1.165, 1.54) is 0 Å². The average Bonchev–Trinajstić information content (AvgIpc) is 2.45. The number of sulfone groups is 1. The van der Waals surface area contributed by atoms with Crippen LogP contribution in [0.2, 0.25) is 0 Å². The monoisotopic (exact) mass is 354 g/mol. The third-order valence-corrected chi connectivity index (χ3v) is 4.84. The summed E-state index contributed by atoms with van der Waals surface area (Å²) in [6.45, 7) is 2.32. The standard InChI is InChI=1S/C12H17F3N4O3S/c13-12(14,15)22-10-8-17-11(18-9-10)16-2-1-3-19-4-6-23(20,21)7-5-19/h8-9H,1-7H2,(H,16,17,18). The molecule has 130 valence electrons. The molecule has 0 aromatic carbocycles. The van der Waals surface area contributed by atoms with E-state index in [9.17, 15) is 21.6 Å². The van der Waals surface area contributed by atoms with Gasteiger partial charge >= 0.3 is 6.36 Å². The van der Waals surface area contributed by atoms with Crippen LogP contribution in [0.25, 0.3) is 0 Å². The number of anilines is 1. The molecule has 1 aromatic rings. The predicted molar refractivity (Wildman–Crippen MR) is 76.9 cm³/mol. The third-order valence-electron chi connectivity index (χ3n) is 3.23. The molecule has 0 amide bonds. The van der Waals surface area contributed by atoms with E-state index in [4.69, 9.17) is 0 Å². The van der Waals surface area contributed by atoms with Crippen LogP contribution in [0.15, 0.2) is 12.4 Å². The molecule has 0 bridgehead atoms. The highest BCUT2D eigenvalue weighted by Crippen LogP contribution is 2.21. The number of hydrogen-bond donors (Lipinski definition) is 1. The van der Waals surface area contributed by atoms with Gasteiger partial charge in [-0.05, 0) is 13.0 Å². The number of aromatic nitrogens is 2. The van der Waals surface area contributed by atoms with Gasteiger partial charge in [-0.2, -0.15) is 0 Å². The normalized spacial score (nSPS) is 18.6. The van der Waals surface area contributed by atoms with Crippen LogP contribution in [0.1, 0.15) is 6.42 Å². The Balaban J connectivity index is 1.66. The van der Waals surface area contributed by atoms with E-state index in [0.29, 0.717) is 19.6 Å². The molecule has 0 spiro atoms. The van der Waals surface area contributed by atoms with Gasteiger partial charge in [-0.1, -0.05) is 0 Å². The summed E-state index contributed by atoms with van der Waals surface area (Å²) in [6, 6.07) is 0. The number of halogens is 3. The van der Waals surface area contributed by atoms with E-state index in [1.807, 2.05) is 0 Å². The Morgan fingerprint density at radius 1 is 1.22 bits per heavy atom. The fraction of sp³-hybridized carbons (Fsp3) is 0.667. The topological polar surface area (TPSA) is 84.4 Å². The van der Waals surface area contributed by atoms with Gasteiger partial charge in [0.25, 0.3) is 0 Å². The molecular formula is C12H17F3N4O3S. The van der Waals surface area contributed by atoms with E-state index in [-0.39, 0.29) is 17.5 Å². The molecule has 1 fully saturated rings. The molecule has 2 heterocycles. The van der Waals surface area contributed by atoms with Gasteiger partial charge in [-0.25, -0.2) is 18.4 Å².